The number of esters is 1. The molecule has 220 valence electrons. The number of carboxylic acids is 1. The van der Waals surface area contributed by atoms with Crippen LogP contribution in [0.2, 0.25) is 0 Å². The Labute approximate surface area is 236 Å². The lowest BCUT2D eigenvalue weighted by molar-refractivity contribution is -0.254. The summed E-state index contributed by atoms with van der Waals surface area (Å²) in [6.07, 6.45) is 12.6. The highest BCUT2D eigenvalue weighted by atomic mass is 16.5. The normalized spacial score (nSPS) is 51.1. The first kappa shape index (κ1) is 28.0. The van der Waals surface area contributed by atoms with Gasteiger partial charge in [0, 0.05) is 5.41 Å². The fourth-order valence-corrected chi connectivity index (χ4v) is 12.6. The standard InChI is InChI=1S/C34H54O5/c1-29(2)16-18-34-19-17-32(6)21(27(34)28(29)38-20-34)8-9-23-31(5)14-13-24(39-26(37)11-10-25(35)36)30(3,4)22(31)12-15-33(23,32)7/h21-24,27-28H,8-20H2,1-7H3,(H,35,36)/t21-,22-,23+,24+,27-,28+,31-,32+,33+,34+/m0/s1. The molecule has 10 atom stereocenters. The van der Waals surface area contributed by atoms with E-state index in [1.165, 1.54) is 51.4 Å². The minimum Gasteiger partial charge on any atom is -0.481 e. The van der Waals surface area contributed by atoms with E-state index in [2.05, 4.69) is 48.5 Å². The van der Waals surface area contributed by atoms with Crippen LogP contribution in [0.4, 0.5) is 0 Å². The van der Waals surface area contributed by atoms with Crippen LogP contribution in [-0.2, 0) is 19.1 Å². The summed E-state index contributed by atoms with van der Waals surface area (Å²) in [4.78, 5) is 23.5. The Hall–Kier alpha value is -1.10. The quantitative estimate of drug-likeness (QED) is 0.369. The highest BCUT2D eigenvalue weighted by Gasteiger charge is 2.72. The van der Waals surface area contributed by atoms with Crippen LogP contribution in [-0.4, -0.2) is 35.9 Å². The number of hydrogen-bond acceptors (Lipinski definition) is 4. The Morgan fingerprint density at radius 1 is 0.795 bits per heavy atom. The summed E-state index contributed by atoms with van der Waals surface area (Å²) in [5.74, 6) is 1.40. The summed E-state index contributed by atoms with van der Waals surface area (Å²) in [7, 11) is 0. The van der Waals surface area contributed by atoms with Gasteiger partial charge in [-0.15, -0.1) is 0 Å². The molecule has 0 aromatic carbocycles. The van der Waals surface area contributed by atoms with E-state index in [4.69, 9.17) is 14.6 Å². The molecule has 5 heteroatoms. The average Bonchev–Trinajstić information content (AvgIpc) is 3.19. The molecular weight excluding hydrogens is 488 g/mol. The monoisotopic (exact) mass is 542 g/mol. The van der Waals surface area contributed by atoms with Crippen LogP contribution in [0.25, 0.3) is 0 Å². The molecule has 6 fully saturated rings. The van der Waals surface area contributed by atoms with Gasteiger partial charge in [-0.2, -0.15) is 0 Å². The van der Waals surface area contributed by atoms with Crippen LogP contribution in [0.3, 0.4) is 0 Å². The zero-order valence-corrected chi connectivity index (χ0v) is 25.7. The Morgan fingerprint density at radius 3 is 2.23 bits per heavy atom. The van der Waals surface area contributed by atoms with Gasteiger partial charge in [0.25, 0.3) is 0 Å². The van der Waals surface area contributed by atoms with E-state index in [-0.39, 0.29) is 41.2 Å². The van der Waals surface area contributed by atoms with E-state index in [1.54, 1.807) is 0 Å². The van der Waals surface area contributed by atoms with E-state index >= 15 is 0 Å². The van der Waals surface area contributed by atoms with E-state index in [0.717, 1.165) is 31.3 Å². The number of aliphatic carboxylic acids is 1. The summed E-state index contributed by atoms with van der Waals surface area (Å²) >= 11 is 0. The molecule has 0 spiro atoms. The van der Waals surface area contributed by atoms with Crippen LogP contribution in [0.1, 0.15) is 126 Å². The second-order valence-corrected chi connectivity index (χ2v) is 17.0. The number of carboxylic acid groups (broad SMARTS) is 1. The van der Waals surface area contributed by atoms with Crippen molar-refractivity contribution in [3.05, 3.63) is 0 Å². The molecule has 39 heavy (non-hydrogen) atoms. The largest absolute Gasteiger partial charge is 0.481 e. The van der Waals surface area contributed by atoms with E-state index in [0.29, 0.717) is 34.2 Å². The second kappa shape index (κ2) is 8.71. The van der Waals surface area contributed by atoms with Gasteiger partial charge in [0.15, 0.2) is 0 Å². The smallest absolute Gasteiger partial charge is 0.306 e. The third kappa shape index (κ3) is 3.72. The summed E-state index contributed by atoms with van der Waals surface area (Å²) in [5.41, 5.74) is 1.52. The molecule has 2 bridgehead atoms. The van der Waals surface area contributed by atoms with Gasteiger partial charge in [-0.05, 0) is 115 Å². The molecule has 1 aliphatic heterocycles. The van der Waals surface area contributed by atoms with Crippen LogP contribution in [0.5, 0.6) is 0 Å². The molecule has 5 saturated carbocycles. The minimum atomic E-state index is -0.942. The van der Waals surface area contributed by atoms with Crippen molar-refractivity contribution < 1.29 is 24.2 Å². The SMILES string of the molecule is CC1(C)CC[C@]23CC[C@]4(C)[C@@H](CC[C@@H]5[C@@]6(C)CC[C@@H](OC(=O)CCC(=O)O)C(C)(C)[C@@H]6CC[C@]54C)[C@H]2[C@H]1OC3. The van der Waals surface area contributed by atoms with Gasteiger partial charge >= 0.3 is 11.9 Å². The first-order valence-electron chi connectivity index (χ1n) is 16.1. The zero-order chi connectivity index (χ0) is 28.2. The molecule has 1 saturated heterocycles. The Kier molecular flexibility index (Phi) is 6.26. The number of carbonyl (C=O) groups is 2. The lowest BCUT2D eigenvalue weighted by Gasteiger charge is -2.73. The Morgan fingerprint density at radius 2 is 1.51 bits per heavy atom. The number of rotatable bonds is 4. The average molecular weight is 543 g/mol. The van der Waals surface area contributed by atoms with Gasteiger partial charge < -0.3 is 14.6 Å². The van der Waals surface area contributed by atoms with Gasteiger partial charge in [0.2, 0.25) is 0 Å². The predicted octanol–water partition coefficient (Wildman–Crippen LogP) is 7.65. The molecule has 0 aromatic rings. The van der Waals surface area contributed by atoms with Crippen molar-refractivity contribution in [3.63, 3.8) is 0 Å². The minimum absolute atomic E-state index is 0.0333. The van der Waals surface area contributed by atoms with Gasteiger partial charge in [0.1, 0.15) is 6.10 Å². The van der Waals surface area contributed by atoms with Gasteiger partial charge in [-0.25, -0.2) is 0 Å². The lowest BCUT2D eigenvalue weighted by Crippen LogP contribution is -2.67. The maximum atomic E-state index is 12.5. The summed E-state index contributed by atoms with van der Waals surface area (Å²) in [6.45, 7) is 18.6. The van der Waals surface area contributed by atoms with Gasteiger partial charge in [-0.1, -0.05) is 48.5 Å². The van der Waals surface area contributed by atoms with Crippen LogP contribution in [0, 0.1) is 56.2 Å². The van der Waals surface area contributed by atoms with Crippen molar-refractivity contribution in [3.8, 4) is 0 Å². The molecule has 0 radical (unpaired) electrons. The highest BCUT2D eigenvalue weighted by molar-refractivity contribution is 5.76. The van der Waals surface area contributed by atoms with Crippen molar-refractivity contribution in [1.82, 2.24) is 0 Å². The second-order valence-electron chi connectivity index (χ2n) is 17.0. The molecule has 6 aliphatic rings. The fourth-order valence-electron chi connectivity index (χ4n) is 12.6. The topological polar surface area (TPSA) is 72.8 Å². The molecule has 6 rings (SSSR count). The molecule has 5 aliphatic carbocycles. The van der Waals surface area contributed by atoms with E-state index in [9.17, 15) is 9.59 Å². The number of hydrogen-bond donors (Lipinski definition) is 1. The van der Waals surface area contributed by atoms with Crippen molar-refractivity contribution >= 4 is 11.9 Å². The summed E-state index contributed by atoms with van der Waals surface area (Å²) < 4.78 is 12.7. The number of ether oxygens (including phenoxy) is 2. The molecule has 5 nitrogen and oxygen atoms in total. The predicted molar refractivity (Wildman–Crippen MR) is 151 cm³/mol. The molecule has 0 amide bonds. The maximum Gasteiger partial charge on any atom is 0.306 e. The Balaban J connectivity index is 1.27. The van der Waals surface area contributed by atoms with Gasteiger partial charge in [0.05, 0.1) is 25.6 Å². The van der Waals surface area contributed by atoms with Gasteiger partial charge in [-0.3, -0.25) is 9.59 Å². The molecule has 1 heterocycles. The third-order valence-electron chi connectivity index (χ3n) is 14.9. The number of fused-ring (bicyclic) bond motifs is 5. The van der Waals surface area contributed by atoms with Crippen molar-refractivity contribution in [2.75, 3.05) is 6.61 Å². The molecule has 0 unspecified atom stereocenters. The zero-order valence-electron chi connectivity index (χ0n) is 25.7. The van der Waals surface area contributed by atoms with E-state index < -0.39 is 5.97 Å². The summed E-state index contributed by atoms with van der Waals surface area (Å²) in [5, 5.41) is 9.00. The third-order valence-corrected chi connectivity index (χ3v) is 14.9. The fraction of sp³-hybridized carbons (Fsp3) is 0.941. The first-order chi connectivity index (χ1) is 18.1. The molecule has 0 aromatic heterocycles. The first-order valence-corrected chi connectivity index (χ1v) is 16.1. The van der Waals surface area contributed by atoms with Crippen LogP contribution >= 0.6 is 0 Å². The van der Waals surface area contributed by atoms with Crippen molar-refractivity contribution in [2.24, 2.45) is 56.2 Å². The van der Waals surface area contributed by atoms with Crippen molar-refractivity contribution in [2.45, 2.75) is 138 Å². The summed E-state index contributed by atoms with van der Waals surface area (Å²) in [6, 6.07) is 0. The molecule has 1 N–H and O–H groups in total. The van der Waals surface area contributed by atoms with E-state index in [1.807, 2.05) is 0 Å². The lowest BCUT2D eigenvalue weighted by atomic mass is 9.31. The van der Waals surface area contributed by atoms with Crippen LogP contribution < -0.4 is 0 Å². The molecular formula is C34H54O5. The van der Waals surface area contributed by atoms with Crippen molar-refractivity contribution in [1.29, 1.82) is 0 Å². The number of carbonyl (C=O) groups excluding carboxylic acids is 1. The van der Waals surface area contributed by atoms with Crippen LogP contribution in [0.15, 0.2) is 0 Å². The maximum absolute atomic E-state index is 12.5. The highest BCUT2D eigenvalue weighted by Crippen LogP contribution is 2.78. The Bertz CT molecular complexity index is 1030.